The van der Waals surface area contributed by atoms with Crippen LogP contribution in [0.1, 0.15) is 15.9 Å². The number of benzene rings is 1. The van der Waals surface area contributed by atoms with Gasteiger partial charge in [0.15, 0.2) is 11.4 Å². The molecule has 0 aliphatic rings. The number of nitriles is 1. The van der Waals surface area contributed by atoms with E-state index in [2.05, 4.69) is 15.3 Å². The molecule has 0 saturated carbocycles. The fourth-order valence-corrected chi connectivity index (χ4v) is 1.68. The number of aromatic nitrogens is 2. The maximum Gasteiger partial charge on any atom is 0.345 e. The molecule has 3 N–H and O–H groups in total. The Kier molecular flexibility index (Phi) is 3.48. The van der Waals surface area contributed by atoms with Crippen LogP contribution in [0.5, 0.6) is 5.88 Å². The van der Waals surface area contributed by atoms with E-state index in [1.165, 1.54) is 7.05 Å². The number of anilines is 1. The SMILES string of the molecule is CNc1nc(-c2cccc(C#N)c2)nc(O)c1C(=O)O. The first kappa shape index (κ1) is 13.3. The van der Waals surface area contributed by atoms with Gasteiger partial charge in [0.05, 0.1) is 11.6 Å². The minimum Gasteiger partial charge on any atom is -0.493 e. The van der Waals surface area contributed by atoms with E-state index < -0.39 is 17.4 Å². The minimum atomic E-state index is -1.33. The number of nitrogens with one attached hydrogen (secondary N) is 1. The molecule has 0 aliphatic carbocycles. The van der Waals surface area contributed by atoms with Crippen LogP contribution in [0.4, 0.5) is 5.82 Å². The summed E-state index contributed by atoms with van der Waals surface area (Å²) in [5.74, 6) is -1.82. The number of aromatic hydroxyl groups is 1. The van der Waals surface area contributed by atoms with Crippen molar-refractivity contribution in [1.29, 1.82) is 5.26 Å². The Morgan fingerprint density at radius 2 is 2.15 bits per heavy atom. The summed E-state index contributed by atoms with van der Waals surface area (Å²) in [6.07, 6.45) is 0. The number of hydrogen-bond acceptors (Lipinski definition) is 6. The lowest BCUT2D eigenvalue weighted by molar-refractivity contribution is 0.0693. The van der Waals surface area contributed by atoms with Crippen LogP contribution >= 0.6 is 0 Å². The normalized spacial score (nSPS) is 9.80. The summed E-state index contributed by atoms with van der Waals surface area (Å²) in [7, 11) is 1.49. The average Bonchev–Trinajstić information content (AvgIpc) is 2.45. The standard InChI is InChI=1S/C13H10N4O3/c1-15-11-9(13(19)20)12(18)17-10(16-11)8-4-2-3-7(5-8)6-14/h2-5H,1H3,(H,19,20)(H2,15,16,17,18). The van der Waals surface area contributed by atoms with Crippen molar-refractivity contribution in [3.05, 3.63) is 35.4 Å². The first-order chi connectivity index (χ1) is 9.56. The molecule has 20 heavy (non-hydrogen) atoms. The van der Waals surface area contributed by atoms with Gasteiger partial charge in [-0.2, -0.15) is 10.2 Å². The molecule has 0 amide bonds. The first-order valence-electron chi connectivity index (χ1n) is 5.59. The average molecular weight is 270 g/mol. The molecule has 100 valence electrons. The van der Waals surface area contributed by atoms with Crippen LogP contribution in [0.15, 0.2) is 24.3 Å². The summed E-state index contributed by atoms with van der Waals surface area (Å²) in [6, 6.07) is 8.46. The molecule has 1 heterocycles. The summed E-state index contributed by atoms with van der Waals surface area (Å²) in [6.45, 7) is 0. The number of hydrogen-bond donors (Lipinski definition) is 3. The van der Waals surface area contributed by atoms with Gasteiger partial charge >= 0.3 is 5.97 Å². The zero-order valence-electron chi connectivity index (χ0n) is 10.5. The highest BCUT2D eigenvalue weighted by Crippen LogP contribution is 2.26. The lowest BCUT2D eigenvalue weighted by atomic mass is 10.1. The number of carbonyl (C=O) groups is 1. The topological polar surface area (TPSA) is 119 Å². The Bertz CT molecular complexity index is 722. The van der Waals surface area contributed by atoms with Gasteiger partial charge in [-0.25, -0.2) is 9.78 Å². The van der Waals surface area contributed by atoms with E-state index in [0.29, 0.717) is 11.1 Å². The fourth-order valence-electron chi connectivity index (χ4n) is 1.68. The molecule has 2 rings (SSSR count). The second kappa shape index (κ2) is 5.24. The highest BCUT2D eigenvalue weighted by molar-refractivity contribution is 5.95. The molecule has 0 unspecified atom stereocenters. The number of nitrogens with zero attached hydrogens (tertiary/aromatic N) is 3. The second-order valence-electron chi connectivity index (χ2n) is 3.84. The van der Waals surface area contributed by atoms with Crippen molar-refractivity contribution in [1.82, 2.24) is 9.97 Å². The summed E-state index contributed by atoms with van der Waals surface area (Å²) in [5.41, 5.74) is 0.527. The molecule has 0 fully saturated rings. The van der Waals surface area contributed by atoms with Crippen LogP contribution in [0.25, 0.3) is 11.4 Å². The van der Waals surface area contributed by atoms with Gasteiger partial charge in [-0.1, -0.05) is 12.1 Å². The van der Waals surface area contributed by atoms with E-state index in [0.717, 1.165) is 0 Å². The Hall–Kier alpha value is -3.14. The third-order valence-corrected chi connectivity index (χ3v) is 2.59. The Morgan fingerprint density at radius 3 is 2.75 bits per heavy atom. The van der Waals surface area contributed by atoms with Crippen molar-refractivity contribution in [2.45, 2.75) is 0 Å². The Balaban J connectivity index is 2.62. The van der Waals surface area contributed by atoms with Crippen molar-refractivity contribution in [2.75, 3.05) is 12.4 Å². The van der Waals surface area contributed by atoms with Gasteiger partial charge < -0.3 is 15.5 Å². The zero-order chi connectivity index (χ0) is 14.7. The maximum absolute atomic E-state index is 11.0. The van der Waals surface area contributed by atoms with Crippen LogP contribution < -0.4 is 5.32 Å². The third-order valence-electron chi connectivity index (χ3n) is 2.59. The predicted molar refractivity (Wildman–Crippen MR) is 70.4 cm³/mol. The lowest BCUT2D eigenvalue weighted by Crippen LogP contribution is -2.08. The van der Waals surface area contributed by atoms with Gasteiger partial charge in [0.25, 0.3) is 0 Å². The van der Waals surface area contributed by atoms with E-state index in [4.69, 9.17) is 10.4 Å². The molecular weight excluding hydrogens is 260 g/mol. The molecule has 7 heteroatoms. The molecule has 0 spiro atoms. The van der Waals surface area contributed by atoms with E-state index in [1.54, 1.807) is 24.3 Å². The van der Waals surface area contributed by atoms with E-state index in [-0.39, 0.29) is 11.6 Å². The summed E-state index contributed by atoms with van der Waals surface area (Å²) in [4.78, 5) is 18.8. The number of carboxylic acids is 1. The molecule has 1 aromatic carbocycles. The van der Waals surface area contributed by atoms with E-state index >= 15 is 0 Å². The molecular formula is C13H10N4O3. The lowest BCUT2D eigenvalue weighted by Gasteiger charge is -2.08. The van der Waals surface area contributed by atoms with E-state index in [1.807, 2.05) is 6.07 Å². The van der Waals surface area contributed by atoms with Crippen LogP contribution in [0.2, 0.25) is 0 Å². The van der Waals surface area contributed by atoms with Crippen molar-refractivity contribution in [3.8, 4) is 23.3 Å². The largest absolute Gasteiger partial charge is 0.493 e. The van der Waals surface area contributed by atoms with Gasteiger partial charge in [-0.3, -0.25) is 0 Å². The van der Waals surface area contributed by atoms with Gasteiger partial charge in [-0.15, -0.1) is 0 Å². The van der Waals surface area contributed by atoms with Crippen LogP contribution in [0, 0.1) is 11.3 Å². The smallest absolute Gasteiger partial charge is 0.345 e. The second-order valence-corrected chi connectivity index (χ2v) is 3.84. The van der Waals surface area contributed by atoms with Crippen LogP contribution in [-0.4, -0.2) is 33.2 Å². The summed E-state index contributed by atoms with van der Waals surface area (Å²) in [5, 5.41) is 30.2. The van der Waals surface area contributed by atoms with E-state index in [9.17, 15) is 9.90 Å². The highest BCUT2D eigenvalue weighted by atomic mass is 16.4. The van der Waals surface area contributed by atoms with Crippen LogP contribution in [-0.2, 0) is 0 Å². The molecule has 0 bridgehead atoms. The third kappa shape index (κ3) is 2.35. The first-order valence-corrected chi connectivity index (χ1v) is 5.59. The molecule has 2 aromatic rings. The van der Waals surface area contributed by atoms with Crippen molar-refractivity contribution >= 4 is 11.8 Å². The van der Waals surface area contributed by atoms with Gasteiger partial charge in [0.1, 0.15) is 5.82 Å². The van der Waals surface area contributed by atoms with Gasteiger partial charge in [0, 0.05) is 12.6 Å². The molecule has 0 saturated heterocycles. The van der Waals surface area contributed by atoms with Crippen LogP contribution in [0.3, 0.4) is 0 Å². The zero-order valence-corrected chi connectivity index (χ0v) is 10.5. The molecule has 0 atom stereocenters. The molecule has 0 aliphatic heterocycles. The quantitative estimate of drug-likeness (QED) is 0.772. The number of aromatic carboxylic acids is 1. The maximum atomic E-state index is 11.0. The number of carboxylic acid groups (broad SMARTS) is 1. The fraction of sp³-hybridized carbons (Fsp3) is 0.0769. The highest BCUT2D eigenvalue weighted by Gasteiger charge is 2.20. The van der Waals surface area contributed by atoms with Crippen molar-refractivity contribution < 1.29 is 15.0 Å². The Morgan fingerprint density at radius 1 is 1.40 bits per heavy atom. The van der Waals surface area contributed by atoms with Crippen molar-refractivity contribution in [2.24, 2.45) is 0 Å². The van der Waals surface area contributed by atoms with Gasteiger partial charge in [-0.05, 0) is 12.1 Å². The predicted octanol–water partition coefficient (Wildman–Crippen LogP) is 1.46. The minimum absolute atomic E-state index is 0.00219. The number of rotatable bonds is 3. The summed E-state index contributed by atoms with van der Waals surface area (Å²) >= 11 is 0. The molecule has 1 aromatic heterocycles. The molecule has 7 nitrogen and oxygen atoms in total. The molecule has 0 radical (unpaired) electrons. The van der Waals surface area contributed by atoms with Crippen molar-refractivity contribution in [3.63, 3.8) is 0 Å². The summed E-state index contributed by atoms with van der Waals surface area (Å²) < 4.78 is 0. The van der Waals surface area contributed by atoms with Gasteiger partial charge in [0.2, 0.25) is 5.88 Å². The monoisotopic (exact) mass is 270 g/mol. The Labute approximate surface area is 114 Å².